The molecule has 162 valence electrons. The van der Waals surface area contributed by atoms with Crippen LogP contribution in [0.15, 0.2) is 48.5 Å². The maximum Gasteiger partial charge on any atom is 0.243 e. The van der Waals surface area contributed by atoms with Gasteiger partial charge in [-0.3, -0.25) is 9.59 Å². The van der Waals surface area contributed by atoms with E-state index in [2.05, 4.69) is 5.32 Å². The molecule has 6 heteroatoms. The Hall–Kier alpha value is -2.04. The van der Waals surface area contributed by atoms with Gasteiger partial charge >= 0.3 is 0 Å². The largest absolute Gasteiger partial charge is 0.352 e. The molecular weight excluding hydrogens is 419 g/mol. The molecule has 2 amide bonds. The van der Waals surface area contributed by atoms with Crippen LogP contribution in [-0.4, -0.2) is 28.8 Å². The Bertz CT molecular complexity index is 842. The Balaban J connectivity index is 2.41. The van der Waals surface area contributed by atoms with Crippen LogP contribution in [0.2, 0.25) is 10.0 Å². The third kappa shape index (κ3) is 7.03. The van der Waals surface area contributed by atoms with E-state index in [1.54, 1.807) is 17.0 Å². The summed E-state index contributed by atoms with van der Waals surface area (Å²) in [5, 5.41) is 4.07. The lowest BCUT2D eigenvalue weighted by molar-refractivity contribution is -0.141. The molecule has 0 saturated heterocycles. The predicted octanol–water partition coefficient (Wildman–Crippen LogP) is 5.65. The second kappa shape index (κ2) is 12.0. The van der Waals surface area contributed by atoms with E-state index >= 15 is 0 Å². The molecule has 2 aromatic rings. The first kappa shape index (κ1) is 24.2. The molecule has 2 atom stereocenters. The van der Waals surface area contributed by atoms with Crippen molar-refractivity contribution in [3.8, 4) is 0 Å². The number of nitrogens with zero attached hydrogens (tertiary/aromatic N) is 1. The van der Waals surface area contributed by atoms with Gasteiger partial charge in [0, 0.05) is 35.5 Å². The number of hydrogen-bond donors (Lipinski definition) is 1. The number of amides is 2. The summed E-state index contributed by atoms with van der Waals surface area (Å²) in [6, 6.07) is 14.4. The third-order valence-electron chi connectivity index (χ3n) is 5.09. The van der Waals surface area contributed by atoms with Crippen LogP contribution in [0.25, 0.3) is 0 Å². The SMILES string of the molecule is CCCC(=O)N(Cc1ccc(Cl)cc1Cl)[C@@H](Cc1ccccc1)C(=O)N[C@@H](C)CC. The number of nitrogens with one attached hydrogen (secondary N) is 1. The molecule has 2 rings (SSSR count). The quantitative estimate of drug-likeness (QED) is 0.510. The molecule has 0 radical (unpaired) electrons. The standard InChI is InChI=1S/C24H30Cl2N2O2/c1-4-9-23(29)28(16-19-12-13-20(25)15-21(19)26)22(24(30)27-17(3)5-2)14-18-10-7-6-8-11-18/h6-8,10-13,15,17,22H,4-5,9,14,16H2,1-3H3,(H,27,30)/t17-,22-/m0/s1. The van der Waals surface area contributed by atoms with Crippen molar-refractivity contribution < 1.29 is 9.59 Å². The van der Waals surface area contributed by atoms with Crippen molar-refractivity contribution >= 4 is 35.0 Å². The number of rotatable bonds is 10. The van der Waals surface area contributed by atoms with Crippen molar-refractivity contribution in [2.75, 3.05) is 0 Å². The summed E-state index contributed by atoms with van der Waals surface area (Å²) >= 11 is 12.4. The monoisotopic (exact) mass is 448 g/mol. The van der Waals surface area contributed by atoms with Crippen molar-refractivity contribution in [1.82, 2.24) is 10.2 Å². The Morgan fingerprint density at radius 3 is 2.37 bits per heavy atom. The van der Waals surface area contributed by atoms with Crippen LogP contribution in [0, 0.1) is 0 Å². The molecule has 0 saturated carbocycles. The van der Waals surface area contributed by atoms with E-state index in [0.29, 0.717) is 29.3 Å². The molecule has 0 spiro atoms. The first-order valence-electron chi connectivity index (χ1n) is 10.4. The highest BCUT2D eigenvalue weighted by atomic mass is 35.5. The number of carbonyl (C=O) groups excluding carboxylic acids is 2. The Morgan fingerprint density at radius 2 is 1.77 bits per heavy atom. The molecule has 0 aliphatic carbocycles. The minimum absolute atomic E-state index is 0.0259. The van der Waals surface area contributed by atoms with Crippen LogP contribution in [0.1, 0.15) is 51.2 Å². The second-order valence-corrected chi connectivity index (χ2v) is 8.37. The van der Waals surface area contributed by atoms with Gasteiger partial charge in [0.05, 0.1) is 0 Å². The minimum Gasteiger partial charge on any atom is -0.352 e. The zero-order valence-electron chi connectivity index (χ0n) is 17.8. The summed E-state index contributed by atoms with van der Waals surface area (Å²) in [5.41, 5.74) is 1.76. The van der Waals surface area contributed by atoms with Crippen LogP contribution < -0.4 is 5.32 Å². The number of carbonyl (C=O) groups is 2. The van der Waals surface area contributed by atoms with E-state index in [9.17, 15) is 9.59 Å². The van der Waals surface area contributed by atoms with Gasteiger partial charge < -0.3 is 10.2 Å². The summed E-state index contributed by atoms with van der Waals surface area (Å²) in [6.07, 6.45) is 2.32. The Labute approximate surface area is 189 Å². The highest BCUT2D eigenvalue weighted by molar-refractivity contribution is 6.35. The van der Waals surface area contributed by atoms with Gasteiger partial charge in [0.1, 0.15) is 6.04 Å². The molecular formula is C24H30Cl2N2O2. The van der Waals surface area contributed by atoms with E-state index in [1.807, 2.05) is 57.2 Å². The van der Waals surface area contributed by atoms with Crippen molar-refractivity contribution in [1.29, 1.82) is 0 Å². The molecule has 0 heterocycles. The first-order valence-corrected chi connectivity index (χ1v) is 11.2. The summed E-state index contributed by atoms with van der Waals surface area (Å²) in [4.78, 5) is 28.0. The van der Waals surface area contributed by atoms with Gasteiger partial charge in [-0.1, -0.05) is 73.4 Å². The molecule has 2 aromatic carbocycles. The Morgan fingerprint density at radius 1 is 1.07 bits per heavy atom. The average molecular weight is 449 g/mol. The van der Waals surface area contributed by atoms with Crippen LogP contribution in [0.5, 0.6) is 0 Å². The van der Waals surface area contributed by atoms with Gasteiger partial charge in [-0.15, -0.1) is 0 Å². The lowest BCUT2D eigenvalue weighted by Gasteiger charge is -2.32. The van der Waals surface area contributed by atoms with Crippen molar-refractivity contribution in [2.45, 2.75) is 65.1 Å². The maximum atomic E-state index is 13.2. The van der Waals surface area contributed by atoms with Crippen LogP contribution in [0.4, 0.5) is 0 Å². The van der Waals surface area contributed by atoms with Crippen molar-refractivity contribution in [3.63, 3.8) is 0 Å². The number of benzene rings is 2. The fourth-order valence-electron chi connectivity index (χ4n) is 3.19. The zero-order chi connectivity index (χ0) is 22.1. The fourth-order valence-corrected chi connectivity index (χ4v) is 3.65. The summed E-state index contributed by atoms with van der Waals surface area (Å²) < 4.78 is 0. The summed E-state index contributed by atoms with van der Waals surface area (Å²) in [7, 11) is 0. The van der Waals surface area contributed by atoms with Crippen LogP contribution >= 0.6 is 23.2 Å². The average Bonchev–Trinajstić information content (AvgIpc) is 2.72. The molecule has 0 fully saturated rings. The van der Waals surface area contributed by atoms with Crippen LogP contribution in [-0.2, 0) is 22.6 Å². The van der Waals surface area contributed by atoms with E-state index in [0.717, 1.165) is 17.5 Å². The first-order chi connectivity index (χ1) is 14.3. The zero-order valence-corrected chi connectivity index (χ0v) is 19.3. The molecule has 0 aliphatic rings. The van der Waals surface area contributed by atoms with E-state index in [4.69, 9.17) is 23.2 Å². The van der Waals surface area contributed by atoms with E-state index in [-0.39, 0.29) is 24.4 Å². The smallest absolute Gasteiger partial charge is 0.243 e. The van der Waals surface area contributed by atoms with Crippen molar-refractivity contribution in [3.05, 3.63) is 69.7 Å². The van der Waals surface area contributed by atoms with Crippen molar-refractivity contribution in [2.24, 2.45) is 0 Å². The lowest BCUT2D eigenvalue weighted by atomic mass is 10.0. The van der Waals surface area contributed by atoms with Gasteiger partial charge in [0.25, 0.3) is 0 Å². The molecule has 0 aromatic heterocycles. The molecule has 1 N–H and O–H groups in total. The van der Waals surface area contributed by atoms with Gasteiger partial charge in [0.2, 0.25) is 11.8 Å². The third-order valence-corrected chi connectivity index (χ3v) is 5.68. The number of hydrogen-bond acceptors (Lipinski definition) is 2. The van der Waals surface area contributed by atoms with Gasteiger partial charge in [-0.05, 0) is 43.0 Å². The molecule has 0 unspecified atom stereocenters. The predicted molar refractivity (Wildman–Crippen MR) is 124 cm³/mol. The minimum atomic E-state index is -0.632. The molecule has 4 nitrogen and oxygen atoms in total. The normalized spacial score (nSPS) is 12.8. The van der Waals surface area contributed by atoms with Gasteiger partial charge in [0.15, 0.2) is 0 Å². The van der Waals surface area contributed by atoms with Gasteiger partial charge in [-0.25, -0.2) is 0 Å². The fraction of sp³-hybridized carbons (Fsp3) is 0.417. The maximum absolute atomic E-state index is 13.2. The molecule has 0 aliphatic heterocycles. The highest BCUT2D eigenvalue weighted by Gasteiger charge is 2.30. The van der Waals surface area contributed by atoms with Gasteiger partial charge in [-0.2, -0.15) is 0 Å². The topological polar surface area (TPSA) is 49.4 Å². The molecule has 0 bridgehead atoms. The second-order valence-electron chi connectivity index (χ2n) is 7.53. The highest BCUT2D eigenvalue weighted by Crippen LogP contribution is 2.24. The summed E-state index contributed by atoms with van der Waals surface area (Å²) in [6.45, 7) is 6.19. The van der Waals surface area contributed by atoms with E-state index < -0.39 is 6.04 Å². The molecule has 30 heavy (non-hydrogen) atoms. The number of halogens is 2. The lowest BCUT2D eigenvalue weighted by Crippen LogP contribution is -2.52. The summed E-state index contributed by atoms with van der Waals surface area (Å²) in [5.74, 6) is -0.216. The Kier molecular flexibility index (Phi) is 9.67. The van der Waals surface area contributed by atoms with Crippen LogP contribution in [0.3, 0.4) is 0 Å². The van der Waals surface area contributed by atoms with E-state index in [1.165, 1.54) is 0 Å².